The molecule has 17 heavy (non-hydrogen) atoms. The summed E-state index contributed by atoms with van der Waals surface area (Å²) in [5.41, 5.74) is 1.40. The molecule has 2 rings (SSSR count). The number of aliphatic carboxylic acids is 1. The summed E-state index contributed by atoms with van der Waals surface area (Å²) in [6.07, 6.45) is 1.93. The van der Waals surface area contributed by atoms with Gasteiger partial charge in [0.1, 0.15) is 0 Å². The van der Waals surface area contributed by atoms with E-state index in [9.17, 15) is 4.79 Å². The van der Waals surface area contributed by atoms with Crippen LogP contribution in [0.3, 0.4) is 0 Å². The molecule has 2 N–H and O–H groups in total. The molecule has 2 aromatic heterocycles. The molecule has 0 spiro atoms. The first-order valence-corrected chi connectivity index (χ1v) is 6.18. The van der Waals surface area contributed by atoms with Gasteiger partial charge in [-0.3, -0.25) is 4.79 Å². The van der Waals surface area contributed by atoms with Gasteiger partial charge in [0.15, 0.2) is 0 Å². The van der Waals surface area contributed by atoms with Crippen LogP contribution in [0.25, 0.3) is 11.4 Å². The summed E-state index contributed by atoms with van der Waals surface area (Å²) in [7, 11) is 0. The number of hydrogen-bond acceptors (Lipinski definition) is 3. The minimum atomic E-state index is -0.799. The maximum atomic E-state index is 10.8. The molecule has 0 fully saturated rings. The van der Waals surface area contributed by atoms with E-state index < -0.39 is 11.4 Å². The highest BCUT2D eigenvalue weighted by molar-refractivity contribution is 7.10. The summed E-state index contributed by atoms with van der Waals surface area (Å²) >= 11 is 1.50. The van der Waals surface area contributed by atoms with Crippen LogP contribution in [0.1, 0.15) is 25.3 Å². The van der Waals surface area contributed by atoms with Crippen LogP contribution in [-0.4, -0.2) is 21.0 Å². The number of nitrogens with one attached hydrogen (secondary N) is 1. The molecular formula is C12H14N2O2S. The number of carboxylic acid groups (broad SMARTS) is 1. The van der Waals surface area contributed by atoms with Gasteiger partial charge in [0.25, 0.3) is 0 Å². The number of thiazole rings is 1. The number of nitrogens with zero attached hydrogens (tertiary/aromatic N) is 1. The van der Waals surface area contributed by atoms with Crippen molar-refractivity contribution in [2.45, 2.75) is 25.7 Å². The molecular weight excluding hydrogens is 236 g/mol. The molecule has 2 aromatic rings. The number of carbonyl (C=O) groups is 1. The first-order chi connectivity index (χ1) is 7.99. The summed E-state index contributed by atoms with van der Waals surface area (Å²) < 4.78 is 0. The van der Waals surface area contributed by atoms with Gasteiger partial charge in [0.05, 0.1) is 22.8 Å². The van der Waals surface area contributed by atoms with E-state index in [-0.39, 0.29) is 6.42 Å². The van der Waals surface area contributed by atoms with E-state index in [4.69, 9.17) is 5.11 Å². The van der Waals surface area contributed by atoms with Crippen molar-refractivity contribution in [3.8, 4) is 11.4 Å². The van der Waals surface area contributed by atoms with Gasteiger partial charge in [-0.2, -0.15) is 0 Å². The van der Waals surface area contributed by atoms with E-state index in [0.717, 1.165) is 16.4 Å². The largest absolute Gasteiger partial charge is 0.481 e. The third-order valence-corrected chi connectivity index (χ3v) is 3.76. The zero-order valence-corrected chi connectivity index (χ0v) is 10.5. The fraction of sp³-hybridized carbons (Fsp3) is 0.333. The molecule has 0 saturated carbocycles. The van der Waals surface area contributed by atoms with E-state index in [2.05, 4.69) is 9.97 Å². The fourth-order valence-electron chi connectivity index (χ4n) is 1.65. The second kappa shape index (κ2) is 4.33. The molecule has 5 heteroatoms. The number of aromatic amines is 1. The summed E-state index contributed by atoms with van der Waals surface area (Å²) in [6.45, 7) is 3.80. The maximum Gasteiger partial charge on any atom is 0.304 e. The van der Waals surface area contributed by atoms with E-state index in [1.165, 1.54) is 11.3 Å². The Labute approximate surface area is 103 Å². The van der Waals surface area contributed by atoms with Gasteiger partial charge < -0.3 is 10.1 Å². The van der Waals surface area contributed by atoms with E-state index >= 15 is 0 Å². The third-order valence-electron chi connectivity index (χ3n) is 2.55. The quantitative estimate of drug-likeness (QED) is 0.876. The number of aromatic nitrogens is 2. The van der Waals surface area contributed by atoms with Crippen molar-refractivity contribution in [1.29, 1.82) is 0 Å². The SMILES string of the molecule is CC(C)(CC(=O)O)c1nc(-c2ccc[nH]2)cs1. The molecule has 0 aromatic carbocycles. The fourth-order valence-corrected chi connectivity index (χ4v) is 2.60. The average molecular weight is 250 g/mol. The van der Waals surface area contributed by atoms with Crippen molar-refractivity contribution in [2.24, 2.45) is 0 Å². The van der Waals surface area contributed by atoms with Gasteiger partial charge in [-0.1, -0.05) is 13.8 Å². The zero-order chi connectivity index (χ0) is 12.5. The highest BCUT2D eigenvalue weighted by Gasteiger charge is 2.27. The van der Waals surface area contributed by atoms with Crippen molar-refractivity contribution >= 4 is 17.3 Å². The molecule has 0 unspecified atom stereocenters. The normalized spacial score (nSPS) is 11.6. The lowest BCUT2D eigenvalue weighted by Crippen LogP contribution is -2.21. The van der Waals surface area contributed by atoms with Gasteiger partial charge in [0, 0.05) is 17.0 Å². The Kier molecular flexibility index (Phi) is 3.02. The van der Waals surface area contributed by atoms with Crippen LogP contribution >= 0.6 is 11.3 Å². The molecule has 0 aliphatic heterocycles. The lowest BCUT2D eigenvalue weighted by atomic mass is 9.90. The van der Waals surface area contributed by atoms with Crippen LogP contribution in [-0.2, 0) is 10.2 Å². The Balaban J connectivity index is 2.26. The highest BCUT2D eigenvalue weighted by Crippen LogP contribution is 2.32. The van der Waals surface area contributed by atoms with Gasteiger partial charge in [0.2, 0.25) is 0 Å². The van der Waals surface area contributed by atoms with Crippen LogP contribution in [0.5, 0.6) is 0 Å². The van der Waals surface area contributed by atoms with Crippen LogP contribution in [0, 0.1) is 0 Å². The van der Waals surface area contributed by atoms with Crippen LogP contribution in [0.15, 0.2) is 23.7 Å². The number of H-pyrrole nitrogens is 1. The van der Waals surface area contributed by atoms with Crippen molar-refractivity contribution in [1.82, 2.24) is 9.97 Å². The van der Waals surface area contributed by atoms with E-state index in [1.54, 1.807) is 0 Å². The molecule has 2 heterocycles. The Morgan fingerprint density at radius 2 is 2.35 bits per heavy atom. The van der Waals surface area contributed by atoms with Crippen LogP contribution in [0.4, 0.5) is 0 Å². The molecule has 90 valence electrons. The van der Waals surface area contributed by atoms with Crippen LogP contribution in [0.2, 0.25) is 0 Å². The Bertz CT molecular complexity index is 514. The topological polar surface area (TPSA) is 66.0 Å². The smallest absolute Gasteiger partial charge is 0.304 e. The second-order valence-electron chi connectivity index (χ2n) is 4.58. The van der Waals surface area contributed by atoms with E-state index in [1.807, 2.05) is 37.6 Å². The molecule has 0 amide bonds. The summed E-state index contributed by atoms with van der Waals surface area (Å²) in [5.74, 6) is -0.799. The molecule has 4 nitrogen and oxygen atoms in total. The summed E-state index contributed by atoms with van der Waals surface area (Å²) in [6, 6.07) is 3.86. The lowest BCUT2D eigenvalue weighted by Gasteiger charge is -2.18. The van der Waals surface area contributed by atoms with Gasteiger partial charge in [-0.15, -0.1) is 11.3 Å². The molecule has 0 radical (unpaired) electrons. The zero-order valence-electron chi connectivity index (χ0n) is 9.73. The van der Waals surface area contributed by atoms with Crippen molar-refractivity contribution in [2.75, 3.05) is 0 Å². The number of rotatable bonds is 4. The van der Waals surface area contributed by atoms with Crippen LogP contribution < -0.4 is 0 Å². The highest BCUT2D eigenvalue weighted by atomic mass is 32.1. The van der Waals surface area contributed by atoms with Crippen molar-refractivity contribution in [3.05, 3.63) is 28.7 Å². The standard InChI is InChI=1S/C12H14N2O2S/c1-12(2,6-10(15)16)11-14-9(7-17-11)8-4-3-5-13-8/h3-5,7,13H,6H2,1-2H3,(H,15,16). The monoisotopic (exact) mass is 250 g/mol. The molecule has 0 saturated heterocycles. The first kappa shape index (κ1) is 11.9. The number of hydrogen-bond donors (Lipinski definition) is 2. The summed E-state index contributed by atoms with van der Waals surface area (Å²) in [4.78, 5) is 18.4. The Morgan fingerprint density at radius 3 is 2.94 bits per heavy atom. The minimum absolute atomic E-state index is 0.0880. The van der Waals surface area contributed by atoms with Gasteiger partial charge in [-0.25, -0.2) is 4.98 Å². The van der Waals surface area contributed by atoms with Crippen molar-refractivity contribution < 1.29 is 9.90 Å². The molecule has 0 atom stereocenters. The van der Waals surface area contributed by atoms with Crippen molar-refractivity contribution in [3.63, 3.8) is 0 Å². The predicted octanol–water partition coefficient (Wildman–Crippen LogP) is 2.89. The Morgan fingerprint density at radius 1 is 1.59 bits per heavy atom. The van der Waals surface area contributed by atoms with Gasteiger partial charge in [-0.05, 0) is 12.1 Å². The third kappa shape index (κ3) is 2.55. The Hall–Kier alpha value is -1.62. The lowest BCUT2D eigenvalue weighted by molar-refractivity contribution is -0.138. The molecule has 0 aliphatic rings. The van der Waals surface area contributed by atoms with E-state index in [0.29, 0.717) is 0 Å². The number of carboxylic acids is 1. The minimum Gasteiger partial charge on any atom is -0.481 e. The first-order valence-electron chi connectivity index (χ1n) is 5.30. The molecule has 0 aliphatic carbocycles. The summed E-state index contributed by atoms with van der Waals surface area (Å²) in [5, 5.41) is 11.7. The average Bonchev–Trinajstić information content (AvgIpc) is 2.87. The molecule has 0 bridgehead atoms. The van der Waals surface area contributed by atoms with Gasteiger partial charge >= 0.3 is 5.97 Å². The predicted molar refractivity (Wildman–Crippen MR) is 67.2 cm³/mol. The second-order valence-corrected chi connectivity index (χ2v) is 5.43. The maximum absolute atomic E-state index is 10.8.